The van der Waals surface area contributed by atoms with E-state index < -0.39 is 21.7 Å². The summed E-state index contributed by atoms with van der Waals surface area (Å²) in [7, 11) is -1.92. The number of sulfonamides is 1. The molecule has 0 atom stereocenters. The molecule has 0 spiro atoms. The maximum absolute atomic E-state index is 14.7. The molecule has 0 saturated heterocycles. The van der Waals surface area contributed by atoms with Gasteiger partial charge in [-0.25, -0.2) is 17.5 Å². The predicted molar refractivity (Wildman–Crippen MR) is 127 cm³/mol. The summed E-state index contributed by atoms with van der Waals surface area (Å²) < 4.78 is 41.7. The molecule has 1 fully saturated rings. The predicted octanol–water partition coefficient (Wildman–Crippen LogP) is 4.10. The summed E-state index contributed by atoms with van der Waals surface area (Å²) in [5, 5.41) is 2.60. The Bertz CT molecular complexity index is 1100. The van der Waals surface area contributed by atoms with Gasteiger partial charge in [-0.15, -0.1) is 0 Å². The Kier molecular flexibility index (Phi) is 8.20. The lowest BCUT2D eigenvalue weighted by Gasteiger charge is -2.33. The molecule has 9 heteroatoms. The summed E-state index contributed by atoms with van der Waals surface area (Å²) in [4.78, 5) is 25.5. The van der Waals surface area contributed by atoms with Crippen molar-refractivity contribution in [1.82, 2.24) is 4.72 Å². The van der Waals surface area contributed by atoms with Crippen LogP contribution in [0.15, 0.2) is 47.4 Å². The molecule has 1 aliphatic carbocycles. The third kappa shape index (κ3) is 6.61. The monoisotopic (exact) mass is 475 g/mol. The first-order valence-electron chi connectivity index (χ1n) is 11.1. The van der Waals surface area contributed by atoms with Gasteiger partial charge >= 0.3 is 0 Å². The number of amides is 1. The van der Waals surface area contributed by atoms with Gasteiger partial charge in [0.25, 0.3) is 0 Å². The summed E-state index contributed by atoms with van der Waals surface area (Å²) in [6, 6.07) is 10.5. The van der Waals surface area contributed by atoms with Crippen molar-refractivity contribution in [3.63, 3.8) is 0 Å². The highest BCUT2D eigenvalue weighted by molar-refractivity contribution is 7.89. The maximum atomic E-state index is 14.7. The summed E-state index contributed by atoms with van der Waals surface area (Å²) in [6.45, 7) is 1.28. The molecule has 0 heterocycles. The van der Waals surface area contributed by atoms with Crippen molar-refractivity contribution in [3.8, 4) is 0 Å². The van der Waals surface area contributed by atoms with Gasteiger partial charge in [0.05, 0.1) is 10.6 Å². The second-order valence-electron chi connectivity index (χ2n) is 8.35. The van der Waals surface area contributed by atoms with Crippen molar-refractivity contribution in [2.24, 2.45) is 0 Å². The van der Waals surface area contributed by atoms with Gasteiger partial charge in [-0.05, 0) is 50.1 Å². The van der Waals surface area contributed by atoms with Crippen molar-refractivity contribution >= 4 is 33.1 Å². The summed E-state index contributed by atoms with van der Waals surface area (Å²) in [5.41, 5.74) is 1.24. The van der Waals surface area contributed by atoms with E-state index in [1.165, 1.54) is 43.7 Å². The van der Waals surface area contributed by atoms with E-state index >= 15 is 0 Å². The molecule has 33 heavy (non-hydrogen) atoms. The number of anilines is 2. The van der Waals surface area contributed by atoms with Gasteiger partial charge in [0, 0.05) is 37.3 Å². The number of halogens is 1. The molecular formula is C24H30FN3O4S. The Labute approximate surface area is 194 Å². The molecule has 0 unspecified atom stereocenters. The van der Waals surface area contributed by atoms with E-state index in [1.54, 1.807) is 12.1 Å². The van der Waals surface area contributed by atoms with Crippen LogP contribution in [0.1, 0.15) is 55.8 Å². The molecule has 0 aliphatic heterocycles. The first-order valence-corrected chi connectivity index (χ1v) is 12.6. The van der Waals surface area contributed by atoms with Crippen molar-refractivity contribution in [2.75, 3.05) is 23.8 Å². The fourth-order valence-corrected chi connectivity index (χ4v) is 5.04. The van der Waals surface area contributed by atoms with E-state index in [1.807, 2.05) is 11.9 Å². The average molecular weight is 476 g/mol. The van der Waals surface area contributed by atoms with Gasteiger partial charge in [-0.3, -0.25) is 9.59 Å². The minimum atomic E-state index is -3.81. The van der Waals surface area contributed by atoms with Crippen LogP contribution >= 0.6 is 0 Å². The Morgan fingerprint density at radius 3 is 2.33 bits per heavy atom. The van der Waals surface area contributed by atoms with E-state index in [0.29, 0.717) is 23.0 Å². The van der Waals surface area contributed by atoms with E-state index in [0.717, 1.165) is 25.7 Å². The molecule has 0 bridgehead atoms. The number of nitrogens with one attached hydrogen (secondary N) is 2. The van der Waals surface area contributed by atoms with Crippen LogP contribution in [0.25, 0.3) is 0 Å². The zero-order chi connectivity index (χ0) is 24.0. The smallest absolute Gasteiger partial charge is 0.240 e. The quantitative estimate of drug-likeness (QED) is 0.533. The summed E-state index contributed by atoms with van der Waals surface area (Å²) in [6.07, 6.45) is 5.50. The van der Waals surface area contributed by atoms with Crippen LogP contribution in [0.4, 0.5) is 15.8 Å². The highest BCUT2D eigenvalue weighted by Gasteiger charge is 2.21. The number of carbonyl (C=O) groups excluding carboxylic acids is 2. The molecule has 7 nitrogen and oxygen atoms in total. The van der Waals surface area contributed by atoms with Crippen LogP contribution in [0.3, 0.4) is 0 Å². The Morgan fingerprint density at radius 1 is 1.06 bits per heavy atom. The number of hydrogen-bond acceptors (Lipinski definition) is 5. The fourth-order valence-electron chi connectivity index (χ4n) is 4.01. The number of Topliss-reactive ketones (excluding diaryl/α,β-unsaturated/α-hetero) is 1. The fraction of sp³-hybridized carbons (Fsp3) is 0.417. The highest BCUT2D eigenvalue weighted by atomic mass is 32.2. The van der Waals surface area contributed by atoms with Gasteiger partial charge in [0.1, 0.15) is 5.82 Å². The summed E-state index contributed by atoms with van der Waals surface area (Å²) >= 11 is 0. The van der Waals surface area contributed by atoms with Crippen LogP contribution in [-0.2, 0) is 14.8 Å². The standard InChI is InChI=1S/C24H30FN3O4S/c1-17(29)18-8-11-21(12-9-18)33(31,32)26-15-14-24(30)27-19-10-13-23(22(25)16-19)28(2)20-6-4-3-5-7-20/h8-13,16,20,26H,3-7,14-15H2,1-2H3,(H,27,30). The first kappa shape index (κ1) is 24.9. The molecule has 1 saturated carbocycles. The van der Waals surface area contributed by atoms with E-state index in [9.17, 15) is 22.4 Å². The molecule has 2 aromatic rings. The molecule has 0 aromatic heterocycles. The third-order valence-electron chi connectivity index (χ3n) is 5.95. The van der Waals surface area contributed by atoms with Crippen molar-refractivity contribution in [2.45, 2.75) is 56.4 Å². The zero-order valence-electron chi connectivity index (χ0n) is 18.9. The number of benzene rings is 2. The van der Waals surface area contributed by atoms with Crippen LogP contribution < -0.4 is 14.9 Å². The second-order valence-corrected chi connectivity index (χ2v) is 10.1. The van der Waals surface area contributed by atoms with Crippen LogP contribution in [0, 0.1) is 5.82 Å². The number of ketones is 1. The number of rotatable bonds is 9. The Morgan fingerprint density at radius 2 is 1.73 bits per heavy atom. The highest BCUT2D eigenvalue weighted by Crippen LogP contribution is 2.29. The largest absolute Gasteiger partial charge is 0.369 e. The van der Waals surface area contributed by atoms with Crippen molar-refractivity contribution in [1.29, 1.82) is 0 Å². The maximum Gasteiger partial charge on any atom is 0.240 e. The molecule has 0 radical (unpaired) electrons. The topological polar surface area (TPSA) is 95.6 Å². The minimum Gasteiger partial charge on any atom is -0.369 e. The number of hydrogen-bond donors (Lipinski definition) is 2. The zero-order valence-corrected chi connectivity index (χ0v) is 19.8. The van der Waals surface area contributed by atoms with E-state index in [2.05, 4.69) is 10.0 Å². The van der Waals surface area contributed by atoms with Gasteiger partial charge in [-0.1, -0.05) is 31.4 Å². The molecule has 2 N–H and O–H groups in total. The lowest BCUT2D eigenvalue weighted by atomic mass is 9.94. The van der Waals surface area contributed by atoms with Gasteiger partial charge in [0.15, 0.2) is 5.78 Å². The van der Waals surface area contributed by atoms with Crippen molar-refractivity contribution in [3.05, 3.63) is 53.8 Å². The normalized spacial score (nSPS) is 14.6. The lowest BCUT2D eigenvalue weighted by molar-refractivity contribution is -0.116. The van der Waals surface area contributed by atoms with Gasteiger partial charge < -0.3 is 10.2 Å². The van der Waals surface area contributed by atoms with Crippen LogP contribution in [0.5, 0.6) is 0 Å². The minimum absolute atomic E-state index is 0.00709. The lowest BCUT2D eigenvalue weighted by Crippen LogP contribution is -2.33. The van der Waals surface area contributed by atoms with Crippen LogP contribution in [0.2, 0.25) is 0 Å². The molecular weight excluding hydrogens is 445 g/mol. The van der Waals surface area contributed by atoms with Gasteiger partial charge in [-0.2, -0.15) is 0 Å². The molecule has 3 rings (SSSR count). The van der Waals surface area contributed by atoms with Crippen molar-refractivity contribution < 1.29 is 22.4 Å². The Balaban J connectivity index is 1.52. The molecule has 1 aliphatic rings. The number of nitrogens with zero attached hydrogens (tertiary/aromatic N) is 1. The number of carbonyl (C=O) groups is 2. The Hall–Kier alpha value is -2.78. The molecule has 178 valence electrons. The molecule has 1 amide bonds. The molecule has 2 aromatic carbocycles. The summed E-state index contributed by atoms with van der Waals surface area (Å²) in [5.74, 6) is -0.998. The first-order chi connectivity index (χ1) is 15.7. The second kappa shape index (κ2) is 10.9. The van der Waals surface area contributed by atoms with Crippen LogP contribution in [-0.4, -0.2) is 39.7 Å². The van der Waals surface area contributed by atoms with E-state index in [-0.39, 0.29) is 23.6 Å². The SMILES string of the molecule is CC(=O)c1ccc(S(=O)(=O)NCCC(=O)Nc2ccc(N(C)C3CCCCC3)c(F)c2)cc1. The van der Waals surface area contributed by atoms with E-state index in [4.69, 9.17) is 0 Å². The van der Waals surface area contributed by atoms with Gasteiger partial charge in [0.2, 0.25) is 15.9 Å². The third-order valence-corrected chi connectivity index (χ3v) is 7.43. The average Bonchev–Trinajstić information content (AvgIpc) is 2.79.